The molecule has 0 spiro atoms. The lowest BCUT2D eigenvalue weighted by atomic mass is 9.85. The van der Waals surface area contributed by atoms with Gasteiger partial charge in [-0.05, 0) is 62.9 Å². The summed E-state index contributed by atoms with van der Waals surface area (Å²) in [6.45, 7) is 8.46. The first-order chi connectivity index (χ1) is 14.5. The van der Waals surface area contributed by atoms with E-state index in [-0.39, 0.29) is 12.0 Å². The zero-order chi connectivity index (χ0) is 21.1. The van der Waals surface area contributed by atoms with Gasteiger partial charge in [-0.1, -0.05) is 30.3 Å². The molecule has 2 N–H and O–H groups in total. The lowest BCUT2D eigenvalue weighted by Gasteiger charge is -2.49. The first kappa shape index (κ1) is 20.5. The predicted molar refractivity (Wildman–Crippen MR) is 121 cm³/mol. The maximum absolute atomic E-state index is 12.9. The number of rotatable bonds is 8. The van der Waals surface area contributed by atoms with E-state index in [1.807, 2.05) is 51.2 Å². The second-order valence-corrected chi connectivity index (χ2v) is 8.62. The number of nitrogens with one attached hydrogen (secondary N) is 2. The van der Waals surface area contributed by atoms with Crippen molar-refractivity contribution in [2.75, 3.05) is 13.1 Å². The Kier molecular flexibility index (Phi) is 5.82. The Morgan fingerprint density at radius 1 is 1.20 bits per heavy atom. The van der Waals surface area contributed by atoms with Crippen molar-refractivity contribution < 1.29 is 9.53 Å². The number of amides is 1. The van der Waals surface area contributed by atoms with Crippen LogP contribution in [-0.2, 0) is 17.8 Å². The van der Waals surface area contributed by atoms with E-state index >= 15 is 0 Å². The second kappa shape index (κ2) is 8.52. The molecule has 2 aromatic carbocycles. The molecule has 2 heterocycles. The first-order valence-corrected chi connectivity index (χ1v) is 10.8. The Labute approximate surface area is 178 Å². The van der Waals surface area contributed by atoms with Gasteiger partial charge in [-0.2, -0.15) is 0 Å². The summed E-state index contributed by atoms with van der Waals surface area (Å²) < 4.78 is 5.72. The van der Waals surface area contributed by atoms with Crippen LogP contribution >= 0.6 is 0 Å². The van der Waals surface area contributed by atoms with E-state index in [1.165, 1.54) is 16.5 Å². The van der Waals surface area contributed by atoms with Crippen molar-refractivity contribution in [1.29, 1.82) is 0 Å². The molecule has 4 rings (SSSR count). The highest BCUT2D eigenvalue weighted by atomic mass is 16.5. The van der Waals surface area contributed by atoms with Crippen molar-refractivity contribution in [2.24, 2.45) is 0 Å². The summed E-state index contributed by atoms with van der Waals surface area (Å²) in [6.07, 6.45) is 3.92. The normalized spacial score (nSPS) is 19.1. The number of aromatic amines is 1. The highest BCUT2D eigenvalue weighted by molar-refractivity contribution is 5.87. The Hall–Kier alpha value is -2.79. The molecular formula is C25H31N3O2. The molecule has 1 unspecified atom stereocenters. The van der Waals surface area contributed by atoms with Crippen molar-refractivity contribution >= 4 is 16.8 Å². The van der Waals surface area contributed by atoms with E-state index in [1.54, 1.807) is 0 Å². The minimum absolute atomic E-state index is 0.119. The Balaban J connectivity index is 1.31. The van der Waals surface area contributed by atoms with Crippen LogP contribution in [0.25, 0.3) is 10.9 Å². The summed E-state index contributed by atoms with van der Waals surface area (Å²) in [5.74, 6) is 1.00. The molecule has 0 aliphatic carbocycles. The molecule has 1 fully saturated rings. The summed E-state index contributed by atoms with van der Waals surface area (Å²) in [5, 5.41) is 4.39. The lowest BCUT2D eigenvalue weighted by Crippen LogP contribution is -2.65. The molecule has 5 heteroatoms. The van der Waals surface area contributed by atoms with Gasteiger partial charge in [-0.3, -0.25) is 9.69 Å². The van der Waals surface area contributed by atoms with Crippen LogP contribution in [0.5, 0.6) is 5.75 Å². The van der Waals surface area contributed by atoms with Gasteiger partial charge in [-0.25, -0.2) is 0 Å². The number of hydrogen-bond donors (Lipinski definition) is 2. The predicted octanol–water partition coefficient (Wildman–Crippen LogP) is 4.28. The topological polar surface area (TPSA) is 57.4 Å². The standard InChI is InChI=1S/C25H31N3O2/c1-18(2)30-21-10-8-19(9-11-21)17-28-15-13-25(28,3)24(29)26-14-12-20-16-27-23-7-5-4-6-22(20)23/h4-11,16,18,27H,12-15,17H2,1-3H3,(H,26,29). The minimum atomic E-state index is -0.437. The zero-order valence-corrected chi connectivity index (χ0v) is 18.1. The number of carbonyl (C=O) groups excluding carboxylic acids is 1. The van der Waals surface area contributed by atoms with Crippen molar-refractivity contribution in [3.63, 3.8) is 0 Å². The quantitative estimate of drug-likeness (QED) is 0.588. The van der Waals surface area contributed by atoms with Crippen LogP contribution in [0.1, 0.15) is 38.3 Å². The Bertz CT molecular complexity index is 1010. The fraction of sp³-hybridized carbons (Fsp3) is 0.400. The molecule has 1 amide bonds. The average Bonchev–Trinajstić information content (AvgIpc) is 3.14. The number of para-hydroxylation sites is 1. The van der Waals surface area contributed by atoms with Crippen LogP contribution in [0.3, 0.4) is 0 Å². The Morgan fingerprint density at radius 3 is 2.67 bits per heavy atom. The second-order valence-electron chi connectivity index (χ2n) is 8.62. The molecule has 1 saturated heterocycles. The SMILES string of the molecule is CC(C)Oc1ccc(CN2CCC2(C)C(=O)NCCc2c[nH]c3ccccc23)cc1. The van der Waals surface area contributed by atoms with Crippen LogP contribution in [0, 0.1) is 0 Å². The van der Waals surface area contributed by atoms with Crippen LogP contribution in [0.4, 0.5) is 0 Å². The van der Waals surface area contributed by atoms with Gasteiger partial charge in [0.05, 0.1) is 11.6 Å². The van der Waals surface area contributed by atoms with Gasteiger partial charge in [0.1, 0.15) is 5.75 Å². The van der Waals surface area contributed by atoms with Gasteiger partial charge < -0.3 is 15.0 Å². The maximum Gasteiger partial charge on any atom is 0.240 e. The van der Waals surface area contributed by atoms with Crippen molar-refractivity contribution in [3.8, 4) is 5.75 Å². The number of carbonyl (C=O) groups is 1. The molecule has 1 aliphatic heterocycles. The van der Waals surface area contributed by atoms with Crippen molar-refractivity contribution in [1.82, 2.24) is 15.2 Å². The van der Waals surface area contributed by atoms with E-state index in [2.05, 4.69) is 39.5 Å². The van der Waals surface area contributed by atoms with E-state index in [4.69, 9.17) is 4.74 Å². The largest absolute Gasteiger partial charge is 0.491 e. The number of benzene rings is 2. The van der Waals surface area contributed by atoms with Gasteiger partial charge >= 0.3 is 0 Å². The van der Waals surface area contributed by atoms with E-state index in [0.29, 0.717) is 6.54 Å². The molecule has 1 aromatic heterocycles. The average molecular weight is 406 g/mol. The molecule has 30 heavy (non-hydrogen) atoms. The molecule has 158 valence electrons. The van der Waals surface area contributed by atoms with Gasteiger partial charge in [-0.15, -0.1) is 0 Å². The van der Waals surface area contributed by atoms with Crippen molar-refractivity contribution in [3.05, 3.63) is 65.9 Å². The summed E-state index contributed by atoms with van der Waals surface area (Å²) in [6, 6.07) is 16.5. The van der Waals surface area contributed by atoms with Gasteiger partial charge in [0, 0.05) is 36.7 Å². The highest BCUT2D eigenvalue weighted by Crippen LogP contribution is 2.32. The Morgan fingerprint density at radius 2 is 1.97 bits per heavy atom. The molecule has 5 nitrogen and oxygen atoms in total. The zero-order valence-electron chi connectivity index (χ0n) is 18.1. The monoisotopic (exact) mass is 405 g/mol. The summed E-state index contributed by atoms with van der Waals surface area (Å²) in [5.41, 5.74) is 3.14. The molecule has 0 bridgehead atoms. The van der Waals surface area contributed by atoms with E-state index in [9.17, 15) is 4.79 Å². The molecule has 3 aromatic rings. The van der Waals surface area contributed by atoms with Gasteiger partial charge in [0.2, 0.25) is 5.91 Å². The third-order valence-corrected chi connectivity index (χ3v) is 6.08. The van der Waals surface area contributed by atoms with E-state index in [0.717, 1.165) is 37.2 Å². The number of fused-ring (bicyclic) bond motifs is 1. The smallest absolute Gasteiger partial charge is 0.240 e. The van der Waals surface area contributed by atoms with Crippen LogP contribution in [0.15, 0.2) is 54.7 Å². The van der Waals surface area contributed by atoms with Crippen LogP contribution in [0.2, 0.25) is 0 Å². The summed E-state index contributed by atoms with van der Waals surface area (Å²) in [7, 11) is 0. The number of hydrogen-bond acceptors (Lipinski definition) is 3. The molecule has 0 saturated carbocycles. The van der Waals surface area contributed by atoms with Gasteiger partial charge in [0.25, 0.3) is 0 Å². The van der Waals surface area contributed by atoms with Crippen molar-refractivity contribution in [2.45, 2.75) is 51.8 Å². The number of aromatic nitrogens is 1. The number of H-pyrrole nitrogens is 1. The number of likely N-dealkylation sites (tertiary alicyclic amines) is 1. The highest BCUT2D eigenvalue weighted by Gasteiger charge is 2.46. The molecule has 1 atom stereocenters. The van der Waals surface area contributed by atoms with E-state index < -0.39 is 5.54 Å². The fourth-order valence-electron chi connectivity index (χ4n) is 4.12. The summed E-state index contributed by atoms with van der Waals surface area (Å²) in [4.78, 5) is 18.5. The maximum atomic E-state index is 12.9. The minimum Gasteiger partial charge on any atom is -0.491 e. The van der Waals surface area contributed by atoms with Gasteiger partial charge in [0.15, 0.2) is 0 Å². The lowest BCUT2D eigenvalue weighted by molar-refractivity contribution is -0.141. The fourth-order valence-corrected chi connectivity index (χ4v) is 4.12. The molecular weight excluding hydrogens is 374 g/mol. The van der Waals surface area contributed by atoms with Crippen LogP contribution in [-0.4, -0.2) is 40.5 Å². The number of nitrogens with zero attached hydrogens (tertiary/aromatic N) is 1. The third kappa shape index (κ3) is 4.21. The third-order valence-electron chi connectivity index (χ3n) is 6.08. The first-order valence-electron chi connectivity index (χ1n) is 10.8. The number of ether oxygens (including phenoxy) is 1. The van der Waals surface area contributed by atoms with Crippen LogP contribution < -0.4 is 10.1 Å². The molecule has 0 radical (unpaired) electrons. The molecule has 1 aliphatic rings. The summed E-state index contributed by atoms with van der Waals surface area (Å²) >= 11 is 0.